The molecule has 0 aliphatic rings. The summed E-state index contributed by atoms with van der Waals surface area (Å²) in [6.07, 6.45) is 3.83. The first-order valence-corrected chi connectivity index (χ1v) is 7.98. The lowest BCUT2D eigenvalue weighted by Gasteiger charge is -2.20. The zero-order valence-electron chi connectivity index (χ0n) is 13.5. The Morgan fingerprint density at radius 2 is 2.00 bits per heavy atom. The molecule has 2 aromatic carbocycles. The largest absolute Gasteiger partial charge is 0.497 e. The monoisotopic (exact) mass is 345 g/mol. The van der Waals surface area contributed by atoms with Gasteiger partial charge in [0.1, 0.15) is 5.75 Å². The van der Waals surface area contributed by atoms with Gasteiger partial charge in [-0.2, -0.15) is 0 Å². The summed E-state index contributed by atoms with van der Waals surface area (Å²) in [5, 5.41) is 9.67. The highest BCUT2D eigenvalue weighted by molar-refractivity contribution is 6.31. The summed E-state index contributed by atoms with van der Waals surface area (Å²) >= 11 is 6.02. The van der Waals surface area contributed by atoms with Crippen LogP contribution in [-0.4, -0.2) is 42.7 Å². The number of amides is 1. The number of aliphatic hydroxyl groups excluding tert-OH is 1. The quantitative estimate of drug-likeness (QED) is 0.835. The zero-order chi connectivity index (χ0) is 17.4. The van der Waals surface area contributed by atoms with Gasteiger partial charge in [0.05, 0.1) is 13.7 Å². The predicted octanol–water partition coefficient (Wildman–Crippen LogP) is 3.50. The van der Waals surface area contributed by atoms with Crippen LogP contribution >= 0.6 is 11.6 Å². The number of nitrogens with zero attached hydrogens (tertiary/aromatic N) is 1. The molecule has 0 spiro atoms. The maximum atomic E-state index is 12.7. The fourth-order valence-corrected chi connectivity index (χ4v) is 2.49. The van der Waals surface area contributed by atoms with Gasteiger partial charge in [-0.25, -0.2) is 0 Å². The molecule has 4 nitrogen and oxygen atoms in total. The van der Waals surface area contributed by atoms with E-state index in [1.807, 2.05) is 42.5 Å². The van der Waals surface area contributed by atoms with Crippen molar-refractivity contribution < 1.29 is 14.6 Å². The number of methoxy groups -OCH3 is 1. The number of halogens is 1. The van der Waals surface area contributed by atoms with Gasteiger partial charge >= 0.3 is 0 Å². The topological polar surface area (TPSA) is 49.8 Å². The lowest BCUT2D eigenvalue weighted by molar-refractivity contribution is 0.0742. The summed E-state index contributed by atoms with van der Waals surface area (Å²) in [4.78, 5) is 14.2. The Kier molecular flexibility index (Phi) is 6.85. The van der Waals surface area contributed by atoms with Gasteiger partial charge in [0.2, 0.25) is 0 Å². The van der Waals surface area contributed by atoms with E-state index >= 15 is 0 Å². The third-order valence-electron chi connectivity index (χ3n) is 3.45. The maximum absolute atomic E-state index is 12.7. The van der Waals surface area contributed by atoms with E-state index in [1.54, 1.807) is 23.1 Å². The minimum absolute atomic E-state index is 0.109. The SMILES string of the molecule is COc1cc(Cl)cc(C(=O)N(CC=Cc2ccccc2)CCO)c1. The molecule has 1 N–H and O–H groups in total. The van der Waals surface area contributed by atoms with Crippen LogP contribution in [0.4, 0.5) is 0 Å². The first-order chi connectivity index (χ1) is 11.6. The first kappa shape index (κ1) is 18.0. The lowest BCUT2D eigenvalue weighted by Crippen LogP contribution is -2.33. The average Bonchev–Trinajstić information content (AvgIpc) is 2.60. The van der Waals surface area contributed by atoms with E-state index in [1.165, 1.54) is 7.11 Å². The second kappa shape index (κ2) is 9.11. The number of aliphatic hydroxyl groups is 1. The van der Waals surface area contributed by atoms with E-state index in [9.17, 15) is 9.90 Å². The van der Waals surface area contributed by atoms with Gasteiger partial charge in [-0.15, -0.1) is 0 Å². The van der Waals surface area contributed by atoms with Gasteiger partial charge in [-0.05, 0) is 23.8 Å². The van der Waals surface area contributed by atoms with Crippen LogP contribution in [0, 0.1) is 0 Å². The minimum Gasteiger partial charge on any atom is -0.497 e. The van der Waals surface area contributed by atoms with E-state index in [0.717, 1.165) is 5.56 Å². The highest BCUT2D eigenvalue weighted by Gasteiger charge is 2.15. The van der Waals surface area contributed by atoms with Gasteiger partial charge in [-0.3, -0.25) is 4.79 Å². The molecule has 2 rings (SSSR count). The molecule has 0 aliphatic heterocycles. The number of hydrogen-bond donors (Lipinski definition) is 1. The molecule has 0 heterocycles. The number of rotatable bonds is 7. The molecular formula is C19H20ClNO3. The van der Waals surface area contributed by atoms with Gasteiger partial charge in [0.15, 0.2) is 0 Å². The smallest absolute Gasteiger partial charge is 0.254 e. The Morgan fingerprint density at radius 3 is 2.67 bits per heavy atom. The maximum Gasteiger partial charge on any atom is 0.254 e. The molecule has 0 saturated heterocycles. The Balaban J connectivity index is 2.13. The van der Waals surface area contributed by atoms with Crippen LogP contribution in [0.15, 0.2) is 54.6 Å². The molecule has 1 amide bonds. The van der Waals surface area contributed by atoms with E-state index in [4.69, 9.17) is 16.3 Å². The number of carbonyl (C=O) groups excluding carboxylic acids is 1. The van der Waals surface area contributed by atoms with Crippen LogP contribution in [0.2, 0.25) is 5.02 Å². The number of carbonyl (C=O) groups is 1. The van der Waals surface area contributed by atoms with E-state index < -0.39 is 0 Å². The van der Waals surface area contributed by atoms with Crippen molar-refractivity contribution >= 4 is 23.6 Å². The summed E-state index contributed by atoms with van der Waals surface area (Å²) in [6.45, 7) is 0.526. The van der Waals surface area contributed by atoms with Gasteiger partial charge in [-0.1, -0.05) is 54.1 Å². The Bertz CT molecular complexity index is 701. The summed E-state index contributed by atoms with van der Waals surface area (Å²) in [5.41, 5.74) is 1.49. The third-order valence-corrected chi connectivity index (χ3v) is 3.66. The van der Waals surface area contributed by atoms with Crippen LogP contribution in [0.5, 0.6) is 5.75 Å². The Labute approximate surface area is 146 Å². The van der Waals surface area contributed by atoms with Crippen LogP contribution in [0.25, 0.3) is 6.08 Å². The molecule has 2 aromatic rings. The summed E-state index contributed by atoms with van der Waals surface area (Å²) in [7, 11) is 1.52. The predicted molar refractivity (Wildman–Crippen MR) is 96.5 cm³/mol. The minimum atomic E-state index is -0.206. The molecular weight excluding hydrogens is 326 g/mol. The summed E-state index contributed by atoms with van der Waals surface area (Å²) in [6, 6.07) is 14.7. The van der Waals surface area contributed by atoms with E-state index in [0.29, 0.717) is 22.9 Å². The highest BCUT2D eigenvalue weighted by atomic mass is 35.5. The Morgan fingerprint density at radius 1 is 1.25 bits per heavy atom. The van der Waals surface area contributed by atoms with Crippen molar-refractivity contribution in [2.45, 2.75) is 0 Å². The number of ether oxygens (including phenoxy) is 1. The average molecular weight is 346 g/mol. The van der Waals surface area contributed by atoms with Crippen molar-refractivity contribution in [1.29, 1.82) is 0 Å². The number of hydrogen-bond acceptors (Lipinski definition) is 3. The molecule has 0 bridgehead atoms. The lowest BCUT2D eigenvalue weighted by atomic mass is 10.1. The molecule has 0 saturated carbocycles. The van der Waals surface area contributed by atoms with Crippen LogP contribution in [-0.2, 0) is 0 Å². The van der Waals surface area contributed by atoms with Gasteiger partial charge in [0, 0.05) is 23.7 Å². The highest BCUT2D eigenvalue weighted by Crippen LogP contribution is 2.21. The van der Waals surface area contributed by atoms with Crippen molar-refractivity contribution in [2.24, 2.45) is 0 Å². The van der Waals surface area contributed by atoms with Gasteiger partial charge < -0.3 is 14.7 Å². The summed E-state index contributed by atoms with van der Waals surface area (Å²) in [5.74, 6) is 0.317. The second-order valence-corrected chi connectivity index (χ2v) is 5.60. The molecule has 0 aromatic heterocycles. The van der Waals surface area contributed by atoms with E-state index in [2.05, 4.69) is 0 Å². The van der Waals surface area contributed by atoms with Crippen LogP contribution < -0.4 is 4.74 Å². The molecule has 0 unspecified atom stereocenters. The molecule has 0 fully saturated rings. The third kappa shape index (κ3) is 5.11. The Hall–Kier alpha value is -2.30. The van der Waals surface area contributed by atoms with E-state index in [-0.39, 0.29) is 19.1 Å². The molecule has 0 aliphatic carbocycles. The second-order valence-electron chi connectivity index (χ2n) is 5.17. The molecule has 0 radical (unpaired) electrons. The molecule has 126 valence electrons. The molecule has 0 atom stereocenters. The molecule has 5 heteroatoms. The fraction of sp³-hybridized carbons (Fsp3) is 0.211. The first-order valence-electron chi connectivity index (χ1n) is 7.60. The van der Waals surface area contributed by atoms with Crippen molar-refractivity contribution in [1.82, 2.24) is 4.90 Å². The van der Waals surface area contributed by atoms with Crippen molar-refractivity contribution in [3.63, 3.8) is 0 Å². The normalized spacial score (nSPS) is 10.8. The van der Waals surface area contributed by atoms with Gasteiger partial charge in [0.25, 0.3) is 5.91 Å². The molecule has 24 heavy (non-hydrogen) atoms. The van der Waals surface area contributed by atoms with Crippen LogP contribution in [0.1, 0.15) is 15.9 Å². The van der Waals surface area contributed by atoms with Crippen molar-refractivity contribution in [3.05, 3.63) is 70.8 Å². The number of benzene rings is 2. The standard InChI is InChI=1S/C19H20ClNO3/c1-24-18-13-16(12-17(20)14-18)19(23)21(10-11-22)9-5-8-15-6-3-2-4-7-15/h2-8,12-14,22H,9-11H2,1H3. The van der Waals surface area contributed by atoms with Crippen LogP contribution in [0.3, 0.4) is 0 Å². The van der Waals surface area contributed by atoms with Crippen molar-refractivity contribution in [3.8, 4) is 5.75 Å². The summed E-state index contributed by atoms with van der Waals surface area (Å²) < 4.78 is 5.15. The fourth-order valence-electron chi connectivity index (χ4n) is 2.26. The zero-order valence-corrected chi connectivity index (χ0v) is 14.2. The van der Waals surface area contributed by atoms with Crippen molar-refractivity contribution in [2.75, 3.05) is 26.8 Å².